The first kappa shape index (κ1) is 41.2. The van der Waals surface area contributed by atoms with Gasteiger partial charge in [0.1, 0.15) is 36.0 Å². The summed E-state index contributed by atoms with van der Waals surface area (Å²) in [5, 5.41) is 36.9. The van der Waals surface area contributed by atoms with Crippen LogP contribution in [-0.4, -0.2) is 114 Å². The van der Waals surface area contributed by atoms with E-state index in [-0.39, 0.29) is 43.9 Å². The van der Waals surface area contributed by atoms with Crippen molar-refractivity contribution in [1.29, 1.82) is 0 Å². The topological polar surface area (TPSA) is 309 Å². The van der Waals surface area contributed by atoms with Gasteiger partial charge in [-0.2, -0.15) is 0 Å². The SMILES string of the molecule is C[C@@H]1NC(=O)CNC(=O)[C@H](Cc2ccccc2)NC(=O)[C@H](CCCN=C(N)N)NC(=O)[C@H](Cc2ccc(O)cc2)NC(=O)[C@H](CO)NC(=O)CNC1=O. The fraction of sp³-hybridized carbons (Fsp3) is 0.412. The summed E-state index contributed by atoms with van der Waals surface area (Å²) in [5.74, 6) is -5.95. The van der Waals surface area contributed by atoms with Crippen LogP contribution in [-0.2, 0) is 46.4 Å². The summed E-state index contributed by atoms with van der Waals surface area (Å²) in [6.07, 6.45) is 0.0198. The standard InChI is InChI=1S/C34H46N10O9/c1-19-29(49)38-17-28(48)41-26(18-45)33(53)44-25(15-21-9-11-22(46)12-10-21)32(52)42-23(8-5-13-37-34(35)36)31(51)43-24(14-20-6-3-2-4-7-20)30(50)39-16-27(47)40-19/h2-4,6-7,9-12,19,23-26,45-46H,5,8,13-18H2,1H3,(H,38,49)(H,39,50)(H,40,47)(H,41,48)(H,42,52)(H,43,51)(H,44,53)(H4,35,36,37)/t19-,23-,24-,25-,26-/m0/s1. The lowest BCUT2D eigenvalue weighted by atomic mass is 10.0. The quantitative estimate of drug-likeness (QED) is 0.0668. The molecule has 1 aliphatic rings. The van der Waals surface area contributed by atoms with Crippen molar-refractivity contribution in [2.45, 2.75) is 62.8 Å². The van der Waals surface area contributed by atoms with E-state index in [1.54, 1.807) is 30.3 Å². The molecule has 286 valence electrons. The summed E-state index contributed by atoms with van der Waals surface area (Å²) >= 11 is 0. The summed E-state index contributed by atoms with van der Waals surface area (Å²) in [5.41, 5.74) is 12.0. The van der Waals surface area contributed by atoms with Crippen molar-refractivity contribution < 1.29 is 43.8 Å². The van der Waals surface area contributed by atoms with Crippen LogP contribution >= 0.6 is 0 Å². The maximum atomic E-state index is 13.9. The zero-order chi connectivity index (χ0) is 38.9. The highest BCUT2D eigenvalue weighted by molar-refractivity contribution is 5.97. The molecule has 0 radical (unpaired) electrons. The number of phenolic OH excluding ortho intramolecular Hbond substituents is 1. The minimum Gasteiger partial charge on any atom is -0.508 e. The van der Waals surface area contributed by atoms with E-state index >= 15 is 0 Å². The summed E-state index contributed by atoms with van der Waals surface area (Å²) in [7, 11) is 0. The molecule has 0 aromatic heterocycles. The fourth-order valence-corrected chi connectivity index (χ4v) is 5.13. The number of phenols is 1. The molecule has 53 heavy (non-hydrogen) atoms. The third kappa shape index (κ3) is 14.1. The Morgan fingerprint density at radius 2 is 1.17 bits per heavy atom. The van der Waals surface area contributed by atoms with Crippen molar-refractivity contribution in [1.82, 2.24) is 37.2 Å². The second-order valence-corrected chi connectivity index (χ2v) is 12.2. The molecule has 5 atom stereocenters. The van der Waals surface area contributed by atoms with E-state index in [1.807, 2.05) is 0 Å². The highest BCUT2D eigenvalue weighted by Crippen LogP contribution is 2.13. The summed E-state index contributed by atoms with van der Waals surface area (Å²) in [4.78, 5) is 96.3. The number of hydrogen-bond donors (Lipinski definition) is 11. The molecule has 19 heteroatoms. The van der Waals surface area contributed by atoms with Gasteiger partial charge in [-0.15, -0.1) is 0 Å². The Bertz CT molecular complexity index is 1630. The smallest absolute Gasteiger partial charge is 0.245 e. The number of nitrogens with one attached hydrogen (secondary N) is 7. The fourth-order valence-electron chi connectivity index (χ4n) is 5.13. The molecule has 3 rings (SSSR count). The largest absolute Gasteiger partial charge is 0.508 e. The minimum atomic E-state index is -1.56. The van der Waals surface area contributed by atoms with Gasteiger partial charge in [-0.25, -0.2) is 0 Å². The number of nitrogens with two attached hydrogens (primary N) is 2. The molecule has 0 spiro atoms. The number of rotatable bonds is 9. The molecule has 1 aliphatic heterocycles. The summed E-state index contributed by atoms with van der Waals surface area (Å²) < 4.78 is 0. The van der Waals surface area contributed by atoms with E-state index in [0.29, 0.717) is 11.1 Å². The number of hydrogen-bond acceptors (Lipinski definition) is 10. The van der Waals surface area contributed by atoms with Crippen LogP contribution in [0.15, 0.2) is 59.6 Å². The van der Waals surface area contributed by atoms with Gasteiger partial charge < -0.3 is 58.9 Å². The number of aliphatic imine (C=N–C) groups is 1. The second kappa shape index (κ2) is 20.6. The molecule has 1 saturated heterocycles. The first-order valence-corrected chi connectivity index (χ1v) is 16.8. The lowest BCUT2D eigenvalue weighted by Crippen LogP contribution is -2.59. The van der Waals surface area contributed by atoms with Crippen LogP contribution in [0.25, 0.3) is 0 Å². The molecule has 19 nitrogen and oxygen atoms in total. The number of carbonyl (C=O) groups is 7. The molecule has 0 bridgehead atoms. The highest BCUT2D eigenvalue weighted by Gasteiger charge is 2.32. The van der Waals surface area contributed by atoms with E-state index in [1.165, 1.54) is 31.2 Å². The molecule has 0 saturated carbocycles. The van der Waals surface area contributed by atoms with Gasteiger partial charge in [0.25, 0.3) is 0 Å². The Morgan fingerprint density at radius 3 is 1.77 bits per heavy atom. The Kier molecular flexibility index (Phi) is 16.0. The van der Waals surface area contributed by atoms with E-state index in [9.17, 15) is 43.8 Å². The number of amides is 7. The van der Waals surface area contributed by atoms with Crippen LogP contribution in [0.4, 0.5) is 0 Å². The maximum Gasteiger partial charge on any atom is 0.245 e. The normalized spacial score (nSPS) is 22.7. The molecular weight excluding hydrogens is 692 g/mol. The van der Waals surface area contributed by atoms with Crippen LogP contribution in [0.1, 0.15) is 30.9 Å². The van der Waals surface area contributed by atoms with Crippen molar-refractivity contribution in [3.05, 3.63) is 65.7 Å². The van der Waals surface area contributed by atoms with Gasteiger partial charge >= 0.3 is 0 Å². The van der Waals surface area contributed by atoms with Crippen LogP contribution in [0.5, 0.6) is 5.75 Å². The van der Waals surface area contributed by atoms with Crippen LogP contribution in [0.3, 0.4) is 0 Å². The molecule has 0 unspecified atom stereocenters. The molecule has 2 aromatic rings. The average molecular weight is 739 g/mol. The maximum absolute atomic E-state index is 13.9. The molecular formula is C34H46N10O9. The highest BCUT2D eigenvalue weighted by atomic mass is 16.3. The molecule has 1 fully saturated rings. The molecule has 7 amide bonds. The molecule has 1 heterocycles. The number of carbonyl (C=O) groups excluding carboxylic acids is 7. The molecule has 13 N–H and O–H groups in total. The van der Waals surface area contributed by atoms with E-state index in [2.05, 4.69) is 42.2 Å². The number of aromatic hydroxyl groups is 1. The average Bonchev–Trinajstić information content (AvgIpc) is 3.13. The van der Waals surface area contributed by atoms with E-state index in [4.69, 9.17) is 11.5 Å². The van der Waals surface area contributed by atoms with Crippen molar-refractivity contribution >= 4 is 47.3 Å². The second-order valence-electron chi connectivity index (χ2n) is 12.2. The van der Waals surface area contributed by atoms with Crippen molar-refractivity contribution in [2.24, 2.45) is 16.5 Å². The Morgan fingerprint density at radius 1 is 0.660 bits per heavy atom. The number of aliphatic hydroxyl groups excluding tert-OH is 1. The third-order valence-electron chi connectivity index (χ3n) is 7.95. The van der Waals surface area contributed by atoms with Gasteiger partial charge in [-0.05, 0) is 43.0 Å². The van der Waals surface area contributed by atoms with Crippen molar-refractivity contribution in [3.63, 3.8) is 0 Å². The van der Waals surface area contributed by atoms with Gasteiger partial charge in [0.05, 0.1) is 19.7 Å². The lowest BCUT2D eigenvalue weighted by Gasteiger charge is -2.26. The van der Waals surface area contributed by atoms with Gasteiger partial charge in [-0.1, -0.05) is 42.5 Å². The number of guanidine groups is 1. The number of aliphatic hydroxyl groups is 1. The van der Waals surface area contributed by atoms with Crippen LogP contribution in [0, 0.1) is 0 Å². The monoisotopic (exact) mass is 738 g/mol. The van der Waals surface area contributed by atoms with Gasteiger partial charge in [-0.3, -0.25) is 38.6 Å². The molecule has 0 aliphatic carbocycles. The van der Waals surface area contributed by atoms with Crippen molar-refractivity contribution in [3.8, 4) is 5.75 Å². The predicted molar refractivity (Wildman–Crippen MR) is 190 cm³/mol. The Balaban J connectivity index is 2.00. The minimum absolute atomic E-state index is 0.00335. The van der Waals surface area contributed by atoms with E-state index < -0.39 is 91.3 Å². The zero-order valence-corrected chi connectivity index (χ0v) is 29.1. The Labute approximate surface area is 305 Å². The Hall–Kier alpha value is -6.24. The molecule has 2 aromatic carbocycles. The lowest BCUT2D eigenvalue weighted by molar-refractivity contribution is -0.135. The van der Waals surface area contributed by atoms with Crippen LogP contribution in [0.2, 0.25) is 0 Å². The number of benzene rings is 2. The van der Waals surface area contributed by atoms with Gasteiger partial charge in [0.2, 0.25) is 41.4 Å². The predicted octanol–water partition coefficient (Wildman–Crippen LogP) is -4.09. The first-order chi connectivity index (χ1) is 25.2. The zero-order valence-electron chi connectivity index (χ0n) is 29.1. The summed E-state index contributed by atoms with van der Waals surface area (Å²) in [6, 6.07) is 7.84. The van der Waals surface area contributed by atoms with Gasteiger partial charge in [0, 0.05) is 19.4 Å². The number of nitrogens with zero attached hydrogens (tertiary/aromatic N) is 1. The third-order valence-corrected chi connectivity index (χ3v) is 7.95. The first-order valence-electron chi connectivity index (χ1n) is 16.8. The van der Waals surface area contributed by atoms with Gasteiger partial charge in [0.15, 0.2) is 5.96 Å². The van der Waals surface area contributed by atoms with Crippen LogP contribution < -0.4 is 48.7 Å². The van der Waals surface area contributed by atoms with Crippen molar-refractivity contribution in [2.75, 3.05) is 26.2 Å². The summed E-state index contributed by atoms with van der Waals surface area (Å²) in [6.45, 7) is -0.650. The van der Waals surface area contributed by atoms with E-state index in [0.717, 1.165) is 0 Å².